The molecule has 1 aromatic heterocycles. The minimum Gasteiger partial charge on any atom is -0.354 e. The zero-order chi connectivity index (χ0) is 16.7. The Labute approximate surface area is 130 Å². The molecule has 0 saturated carbocycles. The van der Waals surface area contributed by atoms with E-state index in [4.69, 9.17) is 0 Å². The number of carbonyl (C=O) groups excluding carboxylic acids is 1. The lowest BCUT2D eigenvalue weighted by atomic mass is 10.3. The number of nitro groups is 1. The van der Waals surface area contributed by atoms with Crippen LogP contribution in [0.15, 0.2) is 6.20 Å². The van der Waals surface area contributed by atoms with E-state index in [1.165, 1.54) is 10.9 Å². The van der Waals surface area contributed by atoms with E-state index in [9.17, 15) is 14.9 Å². The molecule has 0 aliphatic carbocycles. The van der Waals surface area contributed by atoms with Crippen LogP contribution in [0.2, 0.25) is 0 Å². The van der Waals surface area contributed by atoms with Crippen LogP contribution in [0.3, 0.4) is 0 Å². The standard InChI is InChI=1S/C14H25N5O3/c1-5-17(6-2)9-7-8-15-14(20)12(4)18-10-13(19(21)22)11(3)16-18/h10,12H,5-9H2,1-4H3,(H,15,20). The molecular weight excluding hydrogens is 286 g/mol. The van der Waals surface area contributed by atoms with Crippen molar-refractivity contribution in [2.75, 3.05) is 26.2 Å². The van der Waals surface area contributed by atoms with Crippen LogP contribution >= 0.6 is 0 Å². The summed E-state index contributed by atoms with van der Waals surface area (Å²) in [5, 5.41) is 17.7. The fraction of sp³-hybridized carbons (Fsp3) is 0.714. The molecule has 1 amide bonds. The Balaban J connectivity index is 2.48. The maximum absolute atomic E-state index is 12.1. The van der Waals surface area contributed by atoms with E-state index in [-0.39, 0.29) is 11.6 Å². The Morgan fingerprint density at radius 1 is 1.50 bits per heavy atom. The smallest absolute Gasteiger partial charge is 0.309 e. The van der Waals surface area contributed by atoms with Gasteiger partial charge in [-0.05, 0) is 39.9 Å². The average molecular weight is 311 g/mol. The molecule has 1 aromatic rings. The third-order valence-corrected chi connectivity index (χ3v) is 3.71. The topological polar surface area (TPSA) is 93.3 Å². The molecule has 1 N–H and O–H groups in total. The minimum absolute atomic E-state index is 0.0683. The van der Waals surface area contributed by atoms with Crippen LogP contribution in [0.4, 0.5) is 5.69 Å². The van der Waals surface area contributed by atoms with Gasteiger partial charge in [-0.2, -0.15) is 5.10 Å². The van der Waals surface area contributed by atoms with E-state index in [1.807, 2.05) is 0 Å². The molecule has 0 aliphatic rings. The second kappa shape index (κ2) is 8.47. The lowest BCUT2D eigenvalue weighted by Crippen LogP contribution is -2.34. The van der Waals surface area contributed by atoms with Crippen molar-refractivity contribution < 1.29 is 9.72 Å². The molecule has 8 heteroatoms. The zero-order valence-electron chi connectivity index (χ0n) is 13.7. The van der Waals surface area contributed by atoms with Gasteiger partial charge in [0.25, 0.3) is 0 Å². The molecule has 1 unspecified atom stereocenters. The molecule has 0 fully saturated rings. The summed E-state index contributed by atoms with van der Waals surface area (Å²) in [6.07, 6.45) is 2.17. The highest BCUT2D eigenvalue weighted by Crippen LogP contribution is 2.18. The molecule has 0 aliphatic heterocycles. The maximum atomic E-state index is 12.1. The van der Waals surface area contributed by atoms with E-state index in [1.54, 1.807) is 13.8 Å². The van der Waals surface area contributed by atoms with Crippen molar-refractivity contribution in [3.63, 3.8) is 0 Å². The van der Waals surface area contributed by atoms with Crippen molar-refractivity contribution in [1.29, 1.82) is 0 Å². The number of hydrogen-bond donors (Lipinski definition) is 1. The van der Waals surface area contributed by atoms with Crippen LogP contribution in [0, 0.1) is 17.0 Å². The van der Waals surface area contributed by atoms with Gasteiger partial charge in [-0.1, -0.05) is 13.8 Å². The summed E-state index contributed by atoms with van der Waals surface area (Å²) in [6.45, 7) is 11.0. The van der Waals surface area contributed by atoms with Gasteiger partial charge in [0.15, 0.2) is 0 Å². The lowest BCUT2D eigenvalue weighted by molar-refractivity contribution is -0.385. The molecule has 124 valence electrons. The maximum Gasteiger partial charge on any atom is 0.309 e. The Kier molecular flexibility index (Phi) is 6.97. The quantitative estimate of drug-likeness (QED) is 0.424. The SMILES string of the molecule is CCN(CC)CCCNC(=O)C(C)n1cc([N+](=O)[O-])c(C)n1. The molecule has 8 nitrogen and oxygen atoms in total. The monoisotopic (exact) mass is 311 g/mol. The van der Waals surface area contributed by atoms with Gasteiger partial charge in [0.1, 0.15) is 17.9 Å². The van der Waals surface area contributed by atoms with Crippen LogP contribution < -0.4 is 5.32 Å². The van der Waals surface area contributed by atoms with Gasteiger partial charge in [-0.3, -0.25) is 19.6 Å². The fourth-order valence-corrected chi connectivity index (χ4v) is 2.17. The van der Waals surface area contributed by atoms with Gasteiger partial charge < -0.3 is 10.2 Å². The predicted octanol–water partition coefficient (Wildman–Crippen LogP) is 1.51. The van der Waals surface area contributed by atoms with Crippen LogP contribution in [-0.2, 0) is 4.79 Å². The molecule has 0 spiro atoms. The average Bonchev–Trinajstić information content (AvgIpc) is 2.88. The van der Waals surface area contributed by atoms with Gasteiger partial charge in [0, 0.05) is 6.54 Å². The predicted molar refractivity (Wildman–Crippen MR) is 83.7 cm³/mol. The van der Waals surface area contributed by atoms with Crippen molar-refractivity contribution in [3.05, 3.63) is 22.0 Å². The zero-order valence-corrected chi connectivity index (χ0v) is 13.7. The van der Waals surface area contributed by atoms with Crippen LogP contribution in [0.5, 0.6) is 0 Å². The van der Waals surface area contributed by atoms with E-state index in [2.05, 4.69) is 29.2 Å². The lowest BCUT2D eigenvalue weighted by Gasteiger charge is -2.18. The number of nitrogens with one attached hydrogen (secondary N) is 1. The Bertz CT molecular complexity index is 511. The van der Waals surface area contributed by atoms with Crippen LogP contribution in [0.1, 0.15) is 38.9 Å². The minimum atomic E-state index is -0.569. The van der Waals surface area contributed by atoms with E-state index < -0.39 is 11.0 Å². The second-order valence-electron chi connectivity index (χ2n) is 5.18. The van der Waals surface area contributed by atoms with Gasteiger partial charge in [-0.25, -0.2) is 0 Å². The Morgan fingerprint density at radius 2 is 2.14 bits per heavy atom. The summed E-state index contributed by atoms with van der Waals surface area (Å²) < 4.78 is 1.34. The third kappa shape index (κ3) is 4.80. The van der Waals surface area contributed by atoms with Crippen molar-refractivity contribution >= 4 is 11.6 Å². The molecule has 22 heavy (non-hydrogen) atoms. The number of rotatable bonds is 9. The number of amides is 1. The number of carbonyl (C=O) groups is 1. The van der Waals surface area contributed by atoms with Gasteiger partial charge in [0.05, 0.1) is 4.92 Å². The summed E-state index contributed by atoms with van der Waals surface area (Å²) >= 11 is 0. The number of nitrogens with zero attached hydrogens (tertiary/aromatic N) is 4. The molecule has 1 heterocycles. The first-order valence-corrected chi connectivity index (χ1v) is 7.60. The highest BCUT2D eigenvalue weighted by atomic mass is 16.6. The normalized spacial score (nSPS) is 12.4. The first kappa shape index (κ1) is 18.1. The summed E-state index contributed by atoms with van der Waals surface area (Å²) in [7, 11) is 0. The molecule has 0 saturated heterocycles. The Morgan fingerprint density at radius 3 is 2.64 bits per heavy atom. The van der Waals surface area contributed by atoms with Crippen molar-refractivity contribution in [3.8, 4) is 0 Å². The third-order valence-electron chi connectivity index (χ3n) is 3.71. The molecule has 1 atom stereocenters. The van der Waals surface area contributed by atoms with Gasteiger partial charge in [-0.15, -0.1) is 0 Å². The summed E-state index contributed by atoms with van der Waals surface area (Å²) in [4.78, 5) is 24.7. The van der Waals surface area contributed by atoms with Gasteiger partial charge >= 0.3 is 5.69 Å². The number of aryl methyl sites for hydroxylation is 1. The highest BCUT2D eigenvalue weighted by molar-refractivity contribution is 5.79. The second-order valence-corrected chi connectivity index (χ2v) is 5.18. The summed E-state index contributed by atoms with van der Waals surface area (Å²) in [6, 6.07) is -0.569. The fourth-order valence-electron chi connectivity index (χ4n) is 2.17. The molecule has 0 aromatic carbocycles. The molecule has 0 radical (unpaired) electrons. The molecule has 0 bridgehead atoms. The van der Waals surface area contributed by atoms with E-state index >= 15 is 0 Å². The highest BCUT2D eigenvalue weighted by Gasteiger charge is 2.21. The van der Waals surface area contributed by atoms with Gasteiger partial charge in [0.2, 0.25) is 5.91 Å². The van der Waals surface area contributed by atoms with Crippen molar-refractivity contribution in [1.82, 2.24) is 20.0 Å². The van der Waals surface area contributed by atoms with Crippen LogP contribution in [0.25, 0.3) is 0 Å². The van der Waals surface area contributed by atoms with E-state index in [0.717, 1.165) is 26.1 Å². The largest absolute Gasteiger partial charge is 0.354 e. The van der Waals surface area contributed by atoms with Crippen LogP contribution in [-0.4, -0.2) is 51.7 Å². The van der Waals surface area contributed by atoms with E-state index in [0.29, 0.717) is 12.2 Å². The first-order chi connectivity index (χ1) is 10.4. The summed E-state index contributed by atoms with van der Waals surface area (Å²) in [5.41, 5.74) is 0.243. The Hall–Kier alpha value is -1.96. The number of hydrogen-bond acceptors (Lipinski definition) is 5. The number of aromatic nitrogens is 2. The molecular formula is C14H25N5O3. The van der Waals surface area contributed by atoms with Crippen molar-refractivity contribution in [2.45, 2.75) is 40.2 Å². The summed E-state index contributed by atoms with van der Waals surface area (Å²) in [5.74, 6) is -0.183. The first-order valence-electron chi connectivity index (χ1n) is 7.60. The van der Waals surface area contributed by atoms with Crippen molar-refractivity contribution in [2.24, 2.45) is 0 Å². The molecule has 1 rings (SSSR count).